The Labute approximate surface area is 126 Å². The van der Waals surface area contributed by atoms with Crippen LogP contribution in [0.15, 0.2) is 18.2 Å². The van der Waals surface area contributed by atoms with Gasteiger partial charge in [0.25, 0.3) is 5.91 Å². The molecule has 1 fully saturated rings. The Bertz CT molecular complexity index is 568. The molecule has 1 aliphatic carbocycles. The van der Waals surface area contributed by atoms with Gasteiger partial charge in [0.2, 0.25) is 0 Å². The van der Waals surface area contributed by atoms with E-state index in [1.165, 1.54) is 19.3 Å². The van der Waals surface area contributed by atoms with Gasteiger partial charge in [0.15, 0.2) is 0 Å². The predicted molar refractivity (Wildman–Crippen MR) is 84.0 cm³/mol. The average Bonchev–Trinajstić information content (AvgIpc) is 2.48. The number of hydrogen-bond donors (Lipinski definition) is 2. The fourth-order valence-electron chi connectivity index (χ4n) is 2.86. The minimum Gasteiger partial charge on any atom is -0.384 e. The summed E-state index contributed by atoms with van der Waals surface area (Å²) < 4.78 is 0. The highest BCUT2D eigenvalue weighted by Crippen LogP contribution is 2.24. The Morgan fingerprint density at radius 1 is 1.38 bits per heavy atom. The van der Waals surface area contributed by atoms with Crippen molar-refractivity contribution in [1.29, 1.82) is 0 Å². The van der Waals surface area contributed by atoms with Crippen molar-refractivity contribution >= 4 is 5.91 Å². The molecule has 0 spiro atoms. The smallest absolute Gasteiger partial charge is 0.251 e. The van der Waals surface area contributed by atoms with E-state index in [2.05, 4.69) is 24.1 Å². The van der Waals surface area contributed by atoms with Crippen LogP contribution >= 0.6 is 0 Å². The third-order valence-electron chi connectivity index (χ3n) is 4.22. The van der Waals surface area contributed by atoms with Crippen molar-refractivity contribution in [2.24, 2.45) is 5.92 Å². The number of carbonyl (C=O) groups is 1. The molecule has 0 aliphatic heterocycles. The van der Waals surface area contributed by atoms with Crippen LogP contribution in [0, 0.1) is 24.7 Å². The van der Waals surface area contributed by atoms with E-state index in [9.17, 15) is 4.79 Å². The Morgan fingerprint density at radius 3 is 2.81 bits per heavy atom. The van der Waals surface area contributed by atoms with Gasteiger partial charge in [-0.15, -0.1) is 0 Å². The highest BCUT2D eigenvalue weighted by molar-refractivity contribution is 5.94. The van der Waals surface area contributed by atoms with Gasteiger partial charge in [-0.3, -0.25) is 4.79 Å². The van der Waals surface area contributed by atoms with Gasteiger partial charge in [-0.2, -0.15) is 0 Å². The van der Waals surface area contributed by atoms with Crippen molar-refractivity contribution in [2.75, 3.05) is 6.61 Å². The molecule has 2 atom stereocenters. The van der Waals surface area contributed by atoms with Gasteiger partial charge in [0.1, 0.15) is 6.61 Å². The lowest BCUT2D eigenvalue weighted by Crippen LogP contribution is -2.41. The van der Waals surface area contributed by atoms with Crippen molar-refractivity contribution in [3.05, 3.63) is 34.9 Å². The summed E-state index contributed by atoms with van der Waals surface area (Å²) in [5, 5.41) is 11.9. The molecular formula is C18H23NO2. The first-order chi connectivity index (χ1) is 10.1. The van der Waals surface area contributed by atoms with Gasteiger partial charge in [-0.1, -0.05) is 31.6 Å². The van der Waals surface area contributed by atoms with Crippen molar-refractivity contribution in [3.8, 4) is 11.8 Å². The van der Waals surface area contributed by atoms with Crippen LogP contribution in [0.2, 0.25) is 0 Å². The summed E-state index contributed by atoms with van der Waals surface area (Å²) in [7, 11) is 0. The molecule has 0 bridgehead atoms. The molecule has 3 nitrogen and oxygen atoms in total. The standard InChI is InChI=1S/C18H23NO2/c1-13-6-3-4-8-17(13)19-18(21)16-10-9-15(7-5-11-20)14(2)12-16/h9-10,12-13,17,20H,3-4,6,8,11H2,1-2H3,(H,19,21). The zero-order chi connectivity index (χ0) is 15.2. The molecule has 1 aromatic carbocycles. The van der Waals surface area contributed by atoms with Gasteiger partial charge in [-0.25, -0.2) is 0 Å². The van der Waals surface area contributed by atoms with Gasteiger partial charge in [0, 0.05) is 17.2 Å². The monoisotopic (exact) mass is 285 g/mol. The number of rotatable bonds is 2. The van der Waals surface area contributed by atoms with Crippen LogP contribution in [0.25, 0.3) is 0 Å². The summed E-state index contributed by atoms with van der Waals surface area (Å²) >= 11 is 0. The molecule has 3 heteroatoms. The number of aryl methyl sites for hydroxylation is 1. The molecule has 2 unspecified atom stereocenters. The largest absolute Gasteiger partial charge is 0.384 e. The second-order valence-electron chi connectivity index (χ2n) is 5.83. The summed E-state index contributed by atoms with van der Waals surface area (Å²) in [6.45, 7) is 3.99. The SMILES string of the molecule is Cc1cc(C(=O)NC2CCCCC2C)ccc1C#CCO. The Hall–Kier alpha value is -1.79. The second kappa shape index (κ2) is 7.28. The van der Waals surface area contributed by atoms with Crippen LogP contribution < -0.4 is 5.32 Å². The topological polar surface area (TPSA) is 49.3 Å². The molecule has 0 saturated heterocycles. The summed E-state index contributed by atoms with van der Waals surface area (Å²) in [5.74, 6) is 6.07. The zero-order valence-corrected chi connectivity index (χ0v) is 12.8. The summed E-state index contributed by atoms with van der Waals surface area (Å²) in [6, 6.07) is 5.80. The number of carbonyl (C=O) groups excluding carboxylic acids is 1. The first-order valence-electron chi connectivity index (χ1n) is 7.63. The molecule has 112 valence electrons. The van der Waals surface area contributed by atoms with Crippen molar-refractivity contribution < 1.29 is 9.90 Å². The molecule has 1 saturated carbocycles. The van der Waals surface area contributed by atoms with E-state index in [4.69, 9.17) is 5.11 Å². The first kappa shape index (κ1) is 15.6. The zero-order valence-electron chi connectivity index (χ0n) is 12.8. The number of hydrogen-bond acceptors (Lipinski definition) is 2. The lowest BCUT2D eigenvalue weighted by Gasteiger charge is -2.29. The summed E-state index contributed by atoms with van der Waals surface area (Å²) in [6.07, 6.45) is 4.74. The van der Waals surface area contributed by atoms with Crippen LogP contribution in [0.5, 0.6) is 0 Å². The molecule has 21 heavy (non-hydrogen) atoms. The molecule has 2 rings (SSSR count). The predicted octanol–water partition coefficient (Wildman–Crippen LogP) is 2.65. The van der Waals surface area contributed by atoms with E-state index in [0.29, 0.717) is 17.5 Å². The van der Waals surface area contributed by atoms with Crippen LogP contribution in [0.3, 0.4) is 0 Å². The number of aliphatic hydroxyl groups is 1. The third kappa shape index (κ3) is 4.09. The quantitative estimate of drug-likeness (QED) is 0.821. The molecule has 1 amide bonds. The molecule has 0 radical (unpaired) electrons. The van der Waals surface area contributed by atoms with Gasteiger partial charge in [-0.05, 0) is 49.4 Å². The number of amides is 1. The van der Waals surface area contributed by atoms with Crippen LogP contribution in [0.1, 0.15) is 54.1 Å². The van der Waals surface area contributed by atoms with Crippen molar-refractivity contribution in [3.63, 3.8) is 0 Å². The van der Waals surface area contributed by atoms with Crippen molar-refractivity contribution in [1.82, 2.24) is 5.32 Å². The Kier molecular flexibility index (Phi) is 5.41. The highest BCUT2D eigenvalue weighted by Gasteiger charge is 2.23. The molecule has 0 aromatic heterocycles. The fourth-order valence-corrected chi connectivity index (χ4v) is 2.86. The third-order valence-corrected chi connectivity index (χ3v) is 4.22. The molecule has 1 aliphatic rings. The fraction of sp³-hybridized carbons (Fsp3) is 0.500. The van der Waals surface area contributed by atoms with E-state index in [1.54, 1.807) is 6.07 Å². The van der Waals surface area contributed by atoms with E-state index in [0.717, 1.165) is 17.5 Å². The highest BCUT2D eigenvalue weighted by atomic mass is 16.2. The van der Waals surface area contributed by atoms with Gasteiger partial charge >= 0.3 is 0 Å². The normalized spacial score (nSPS) is 21.3. The number of aliphatic hydroxyl groups excluding tert-OH is 1. The Morgan fingerprint density at radius 2 is 2.14 bits per heavy atom. The lowest BCUT2D eigenvalue weighted by atomic mass is 9.86. The van der Waals surface area contributed by atoms with Crippen LogP contribution in [-0.2, 0) is 0 Å². The minimum atomic E-state index is -0.152. The van der Waals surface area contributed by atoms with E-state index >= 15 is 0 Å². The van der Waals surface area contributed by atoms with E-state index in [-0.39, 0.29) is 12.5 Å². The van der Waals surface area contributed by atoms with E-state index < -0.39 is 0 Å². The number of nitrogens with one attached hydrogen (secondary N) is 1. The maximum atomic E-state index is 12.3. The molecular weight excluding hydrogens is 262 g/mol. The van der Waals surface area contributed by atoms with Gasteiger partial charge < -0.3 is 10.4 Å². The molecule has 1 aromatic rings. The Balaban J connectivity index is 2.07. The maximum absolute atomic E-state index is 12.3. The number of benzene rings is 1. The van der Waals surface area contributed by atoms with E-state index in [1.807, 2.05) is 19.1 Å². The lowest BCUT2D eigenvalue weighted by molar-refractivity contribution is 0.0910. The first-order valence-corrected chi connectivity index (χ1v) is 7.63. The molecule has 0 heterocycles. The summed E-state index contributed by atoms with van der Waals surface area (Å²) in [4.78, 5) is 12.3. The van der Waals surface area contributed by atoms with Crippen LogP contribution in [-0.4, -0.2) is 23.7 Å². The van der Waals surface area contributed by atoms with Gasteiger partial charge in [0.05, 0.1) is 0 Å². The van der Waals surface area contributed by atoms with Crippen LogP contribution in [0.4, 0.5) is 0 Å². The van der Waals surface area contributed by atoms with Crippen molar-refractivity contribution in [2.45, 2.75) is 45.6 Å². The second-order valence-corrected chi connectivity index (χ2v) is 5.83. The summed E-state index contributed by atoms with van der Waals surface area (Å²) in [5.41, 5.74) is 2.49. The minimum absolute atomic E-state index is 0.00137. The molecule has 2 N–H and O–H groups in total. The maximum Gasteiger partial charge on any atom is 0.251 e. The average molecular weight is 285 g/mol.